The Kier molecular flexibility index (Phi) is 6.58. The highest BCUT2D eigenvalue weighted by atomic mass is 16.5. The molecular weight excluding hydrogens is 350 g/mol. The van der Waals surface area contributed by atoms with Gasteiger partial charge < -0.3 is 10.1 Å². The molecule has 4 nitrogen and oxygen atoms in total. The fraction of sp³-hybridized carbons (Fsp3) is 0.167. The second-order valence-corrected chi connectivity index (χ2v) is 6.57. The molecule has 142 valence electrons. The standard InChI is InChI=1S/C24H23NO3/c1-18-11-13-20(14-12-18)23(26)17-28-24(27)21-9-5-6-10-22(21)25-16-15-19-7-3-2-4-8-19/h2-14,25H,15-17H2,1H3. The Bertz CT molecular complexity index is 934. The van der Waals surface area contributed by atoms with Gasteiger partial charge in [0.25, 0.3) is 0 Å². The monoisotopic (exact) mass is 373 g/mol. The molecule has 0 spiro atoms. The van der Waals surface area contributed by atoms with Crippen molar-refractivity contribution in [1.29, 1.82) is 0 Å². The van der Waals surface area contributed by atoms with Crippen LogP contribution in [0.4, 0.5) is 5.69 Å². The van der Waals surface area contributed by atoms with Crippen LogP contribution in [0, 0.1) is 6.92 Å². The fourth-order valence-electron chi connectivity index (χ4n) is 2.83. The van der Waals surface area contributed by atoms with Gasteiger partial charge in [-0.05, 0) is 31.0 Å². The number of anilines is 1. The van der Waals surface area contributed by atoms with Gasteiger partial charge in [0, 0.05) is 17.8 Å². The van der Waals surface area contributed by atoms with Gasteiger partial charge in [0.2, 0.25) is 0 Å². The summed E-state index contributed by atoms with van der Waals surface area (Å²) < 4.78 is 5.25. The summed E-state index contributed by atoms with van der Waals surface area (Å²) in [6.45, 7) is 2.37. The van der Waals surface area contributed by atoms with E-state index in [0.717, 1.165) is 12.0 Å². The van der Waals surface area contributed by atoms with Crippen LogP contribution in [0.3, 0.4) is 0 Å². The second-order valence-electron chi connectivity index (χ2n) is 6.57. The quantitative estimate of drug-likeness (QED) is 0.460. The van der Waals surface area contributed by atoms with Gasteiger partial charge in [0.1, 0.15) is 0 Å². The molecular formula is C24H23NO3. The number of benzene rings is 3. The van der Waals surface area contributed by atoms with Gasteiger partial charge in [-0.25, -0.2) is 4.79 Å². The summed E-state index contributed by atoms with van der Waals surface area (Å²) in [7, 11) is 0. The Morgan fingerprint density at radius 1 is 0.857 bits per heavy atom. The minimum absolute atomic E-state index is 0.220. The molecule has 1 N–H and O–H groups in total. The lowest BCUT2D eigenvalue weighted by Crippen LogP contribution is -2.16. The fourth-order valence-corrected chi connectivity index (χ4v) is 2.83. The van der Waals surface area contributed by atoms with Crippen LogP contribution >= 0.6 is 0 Å². The molecule has 0 bridgehead atoms. The van der Waals surface area contributed by atoms with Crippen LogP contribution in [0.25, 0.3) is 0 Å². The number of ketones is 1. The molecule has 4 heteroatoms. The minimum atomic E-state index is -0.511. The second kappa shape index (κ2) is 9.51. The van der Waals surface area contributed by atoms with Crippen LogP contribution in [-0.2, 0) is 11.2 Å². The minimum Gasteiger partial charge on any atom is -0.454 e. The first-order valence-corrected chi connectivity index (χ1v) is 9.27. The molecule has 3 aromatic rings. The number of esters is 1. The third kappa shape index (κ3) is 5.30. The smallest absolute Gasteiger partial charge is 0.340 e. The Morgan fingerprint density at radius 3 is 2.29 bits per heavy atom. The predicted octanol–water partition coefficient (Wildman–Crippen LogP) is 4.69. The number of para-hydroxylation sites is 1. The number of hydrogen-bond donors (Lipinski definition) is 1. The SMILES string of the molecule is Cc1ccc(C(=O)COC(=O)c2ccccc2NCCc2ccccc2)cc1. The van der Waals surface area contributed by atoms with E-state index in [1.807, 2.05) is 49.4 Å². The summed E-state index contributed by atoms with van der Waals surface area (Å²) in [6, 6.07) is 24.5. The average Bonchev–Trinajstić information content (AvgIpc) is 2.73. The van der Waals surface area contributed by atoms with E-state index >= 15 is 0 Å². The van der Waals surface area contributed by atoms with Crippen LogP contribution in [0.5, 0.6) is 0 Å². The molecule has 0 saturated carbocycles. The van der Waals surface area contributed by atoms with Crippen LogP contribution in [0.1, 0.15) is 31.8 Å². The van der Waals surface area contributed by atoms with Gasteiger partial charge in [-0.3, -0.25) is 4.79 Å². The molecule has 0 aliphatic carbocycles. The molecule has 0 atom stereocenters. The third-order valence-electron chi connectivity index (χ3n) is 4.43. The maximum absolute atomic E-state index is 12.5. The maximum Gasteiger partial charge on any atom is 0.340 e. The van der Waals surface area contributed by atoms with Gasteiger partial charge in [-0.1, -0.05) is 72.3 Å². The number of nitrogens with one attached hydrogen (secondary N) is 1. The average molecular weight is 373 g/mol. The van der Waals surface area contributed by atoms with Crippen molar-refractivity contribution in [2.45, 2.75) is 13.3 Å². The van der Waals surface area contributed by atoms with Crippen LogP contribution in [0.15, 0.2) is 78.9 Å². The Labute approximate surface area is 165 Å². The molecule has 0 amide bonds. The van der Waals surface area contributed by atoms with Crippen molar-refractivity contribution in [3.63, 3.8) is 0 Å². The number of Topliss-reactive ketones (excluding diaryl/α,β-unsaturated/α-hetero) is 1. The van der Waals surface area contributed by atoms with Gasteiger partial charge in [-0.15, -0.1) is 0 Å². The summed E-state index contributed by atoms with van der Waals surface area (Å²) in [6.07, 6.45) is 0.843. The number of carbonyl (C=O) groups is 2. The molecule has 3 aromatic carbocycles. The van der Waals surface area contributed by atoms with Crippen molar-refractivity contribution in [2.75, 3.05) is 18.5 Å². The zero-order valence-corrected chi connectivity index (χ0v) is 15.9. The van der Waals surface area contributed by atoms with Crippen molar-refractivity contribution in [1.82, 2.24) is 0 Å². The first kappa shape index (κ1) is 19.4. The lowest BCUT2D eigenvalue weighted by Gasteiger charge is -2.12. The zero-order valence-electron chi connectivity index (χ0n) is 15.9. The molecule has 28 heavy (non-hydrogen) atoms. The number of carbonyl (C=O) groups excluding carboxylic acids is 2. The van der Waals surface area contributed by atoms with Crippen LogP contribution < -0.4 is 5.32 Å². The molecule has 3 rings (SSSR count). The zero-order chi connectivity index (χ0) is 19.8. The van der Waals surface area contributed by atoms with E-state index in [0.29, 0.717) is 23.4 Å². The first-order valence-electron chi connectivity index (χ1n) is 9.27. The number of ether oxygens (including phenoxy) is 1. The Morgan fingerprint density at radius 2 is 1.54 bits per heavy atom. The number of rotatable bonds is 8. The van der Waals surface area contributed by atoms with E-state index in [2.05, 4.69) is 17.4 Å². The van der Waals surface area contributed by atoms with E-state index in [-0.39, 0.29) is 12.4 Å². The Hall–Kier alpha value is -3.40. The molecule has 0 fully saturated rings. The van der Waals surface area contributed by atoms with Gasteiger partial charge in [0.15, 0.2) is 12.4 Å². The molecule has 0 unspecified atom stereocenters. The highest BCUT2D eigenvalue weighted by Gasteiger charge is 2.15. The van der Waals surface area contributed by atoms with Crippen molar-refractivity contribution < 1.29 is 14.3 Å². The van der Waals surface area contributed by atoms with E-state index in [9.17, 15) is 9.59 Å². The summed E-state index contributed by atoms with van der Waals surface area (Å²) in [5.41, 5.74) is 3.95. The van der Waals surface area contributed by atoms with E-state index in [1.54, 1.807) is 24.3 Å². The lowest BCUT2D eigenvalue weighted by molar-refractivity contribution is 0.0475. The van der Waals surface area contributed by atoms with Gasteiger partial charge >= 0.3 is 5.97 Å². The molecule has 0 saturated heterocycles. The van der Waals surface area contributed by atoms with Crippen molar-refractivity contribution in [3.05, 3.63) is 101 Å². The van der Waals surface area contributed by atoms with Crippen molar-refractivity contribution in [3.8, 4) is 0 Å². The molecule has 0 aliphatic rings. The predicted molar refractivity (Wildman–Crippen MR) is 111 cm³/mol. The topological polar surface area (TPSA) is 55.4 Å². The van der Waals surface area contributed by atoms with Gasteiger partial charge in [0.05, 0.1) is 5.56 Å². The lowest BCUT2D eigenvalue weighted by atomic mass is 10.1. The maximum atomic E-state index is 12.5. The largest absolute Gasteiger partial charge is 0.454 e. The Balaban J connectivity index is 1.57. The normalized spacial score (nSPS) is 10.3. The van der Waals surface area contributed by atoms with E-state index in [4.69, 9.17) is 4.74 Å². The molecule has 0 radical (unpaired) electrons. The third-order valence-corrected chi connectivity index (χ3v) is 4.43. The highest BCUT2D eigenvalue weighted by Crippen LogP contribution is 2.17. The summed E-state index contributed by atoms with van der Waals surface area (Å²) in [5, 5.41) is 3.28. The van der Waals surface area contributed by atoms with E-state index < -0.39 is 5.97 Å². The van der Waals surface area contributed by atoms with Gasteiger partial charge in [-0.2, -0.15) is 0 Å². The summed E-state index contributed by atoms with van der Waals surface area (Å²) >= 11 is 0. The van der Waals surface area contributed by atoms with E-state index in [1.165, 1.54) is 5.56 Å². The van der Waals surface area contributed by atoms with Crippen LogP contribution in [-0.4, -0.2) is 24.9 Å². The molecule has 0 aromatic heterocycles. The highest BCUT2D eigenvalue weighted by molar-refractivity contribution is 6.00. The summed E-state index contributed by atoms with van der Waals surface area (Å²) in [5.74, 6) is -0.730. The molecule has 0 heterocycles. The van der Waals surface area contributed by atoms with Crippen LogP contribution in [0.2, 0.25) is 0 Å². The first-order chi connectivity index (χ1) is 13.6. The van der Waals surface area contributed by atoms with Crippen molar-refractivity contribution >= 4 is 17.4 Å². The van der Waals surface area contributed by atoms with Crippen molar-refractivity contribution in [2.24, 2.45) is 0 Å². The number of hydrogen-bond acceptors (Lipinski definition) is 4. The number of aryl methyl sites for hydroxylation is 1. The summed E-state index contributed by atoms with van der Waals surface area (Å²) in [4.78, 5) is 24.7. The molecule has 0 aliphatic heterocycles.